The smallest absolute Gasteiger partial charge is 0.305 e. The minimum absolute atomic E-state index is 0.250. The predicted octanol–water partition coefficient (Wildman–Crippen LogP) is 1.43. The number of carbonyl (C=O) groups excluding carboxylic acids is 1. The Morgan fingerprint density at radius 2 is 2.20 bits per heavy atom. The topological polar surface area (TPSA) is 118 Å². The molecule has 2 rings (SSSR count). The summed E-state index contributed by atoms with van der Waals surface area (Å²) in [5, 5.41) is 27.3. The van der Waals surface area contributed by atoms with Crippen LogP contribution < -0.4 is 10.2 Å². The molecule has 0 aliphatic carbocycles. The molecule has 0 spiro atoms. The molecule has 1 unspecified atom stereocenters. The molecule has 8 nitrogen and oxygen atoms in total. The molecule has 1 aromatic carbocycles. The van der Waals surface area contributed by atoms with Gasteiger partial charge < -0.3 is 15.3 Å². The molecule has 130 valence electrons. The number of benzene rings is 1. The van der Waals surface area contributed by atoms with Crippen molar-refractivity contribution in [3.8, 4) is 6.07 Å². The number of carboxylic acids is 1. The summed E-state index contributed by atoms with van der Waals surface area (Å²) in [6, 6.07) is 9.68. The first-order valence-electron chi connectivity index (χ1n) is 7.48. The van der Waals surface area contributed by atoms with E-state index in [1.54, 1.807) is 6.21 Å². The fourth-order valence-electron chi connectivity index (χ4n) is 2.05. The molecule has 1 aromatic rings. The van der Waals surface area contributed by atoms with E-state index in [-0.39, 0.29) is 12.3 Å². The quantitative estimate of drug-likeness (QED) is 0.562. The van der Waals surface area contributed by atoms with E-state index in [0.717, 1.165) is 23.0 Å². The maximum atomic E-state index is 11.6. The second-order valence-electron chi connectivity index (χ2n) is 5.26. The molecule has 2 N–H and O–H groups in total. The van der Waals surface area contributed by atoms with E-state index in [9.17, 15) is 9.59 Å². The molecule has 9 heteroatoms. The van der Waals surface area contributed by atoms with E-state index in [4.69, 9.17) is 10.4 Å². The summed E-state index contributed by atoms with van der Waals surface area (Å²) in [6.07, 6.45) is 1.76. The molecule has 1 amide bonds. The lowest BCUT2D eigenvalue weighted by molar-refractivity contribution is -0.138. The average Bonchev–Trinajstić information content (AvgIpc) is 2.92. The lowest BCUT2D eigenvalue weighted by Crippen LogP contribution is -2.26. The number of anilines is 1. The zero-order valence-electron chi connectivity index (χ0n) is 13.5. The van der Waals surface area contributed by atoms with Crippen molar-refractivity contribution in [1.29, 1.82) is 5.26 Å². The van der Waals surface area contributed by atoms with Crippen LogP contribution in [0.15, 0.2) is 34.5 Å². The fraction of sp³-hybridized carbons (Fsp3) is 0.312. The zero-order chi connectivity index (χ0) is 18.2. The Labute approximate surface area is 149 Å². The van der Waals surface area contributed by atoms with Gasteiger partial charge >= 0.3 is 5.97 Å². The number of hydrogen-bond donors (Lipinski definition) is 2. The highest BCUT2D eigenvalue weighted by atomic mass is 32.2. The van der Waals surface area contributed by atoms with Crippen LogP contribution in [0.4, 0.5) is 5.69 Å². The Hall–Kier alpha value is -2.86. The Kier molecular flexibility index (Phi) is 6.54. The van der Waals surface area contributed by atoms with E-state index in [1.807, 2.05) is 36.2 Å². The lowest BCUT2D eigenvalue weighted by atomic mass is 10.2. The Bertz CT molecular complexity index is 739. The predicted molar refractivity (Wildman–Crippen MR) is 96.7 cm³/mol. The van der Waals surface area contributed by atoms with Gasteiger partial charge in [-0.05, 0) is 17.7 Å². The lowest BCUT2D eigenvalue weighted by Gasteiger charge is -2.17. The van der Waals surface area contributed by atoms with Crippen molar-refractivity contribution in [2.45, 2.75) is 18.1 Å². The largest absolute Gasteiger partial charge is 0.481 e. The third-order valence-corrected chi connectivity index (χ3v) is 4.46. The second kappa shape index (κ2) is 8.84. The SMILES string of the molecule is CN(CCC#N)c1ccc(C=NN=C2NC(=O)C(CC(=O)O)S2)cc1. The molecule has 0 aromatic heterocycles. The maximum absolute atomic E-state index is 11.6. The number of thioether (sulfide) groups is 1. The number of hydrogen-bond acceptors (Lipinski definition) is 7. The van der Waals surface area contributed by atoms with Crippen LogP contribution in [0, 0.1) is 11.3 Å². The minimum Gasteiger partial charge on any atom is -0.481 e. The first-order chi connectivity index (χ1) is 12.0. The van der Waals surface area contributed by atoms with Gasteiger partial charge in [0.25, 0.3) is 0 Å². The number of amides is 1. The van der Waals surface area contributed by atoms with E-state index >= 15 is 0 Å². The van der Waals surface area contributed by atoms with Gasteiger partial charge in [-0.25, -0.2) is 0 Å². The fourth-order valence-corrected chi connectivity index (χ4v) is 2.97. The average molecular weight is 359 g/mol. The van der Waals surface area contributed by atoms with Crippen molar-refractivity contribution in [3.05, 3.63) is 29.8 Å². The molecule has 1 heterocycles. The summed E-state index contributed by atoms with van der Waals surface area (Å²) >= 11 is 1.06. The van der Waals surface area contributed by atoms with E-state index in [2.05, 4.69) is 21.6 Å². The highest BCUT2D eigenvalue weighted by Gasteiger charge is 2.32. The number of carbonyl (C=O) groups is 2. The van der Waals surface area contributed by atoms with Crippen molar-refractivity contribution >= 4 is 40.7 Å². The zero-order valence-corrected chi connectivity index (χ0v) is 14.4. The van der Waals surface area contributed by atoms with Crippen LogP contribution in [0.25, 0.3) is 0 Å². The van der Waals surface area contributed by atoms with Crippen LogP contribution in [0.1, 0.15) is 18.4 Å². The van der Waals surface area contributed by atoms with Crippen LogP contribution in [0.5, 0.6) is 0 Å². The van der Waals surface area contributed by atoms with Crippen molar-refractivity contribution < 1.29 is 14.7 Å². The number of nitrogens with zero attached hydrogens (tertiary/aromatic N) is 4. The summed E-state index contributed by atoms with van der Waals surface area (Å²) in [6.45, 7) is 0.659. The summed E-state index contributed by atoms with van der Waals surface area (Å²) < 4.78 is 0. The number of nitriles is 1. The third-order valence-electron chi connectivity index (χ3n) is 3.38. The number of rotatable bonds is 7. The number of nitrogens with one attached hydrogen (secondary N) is 1. The molecule has 1 aliphatic heterocycles. The van der Waals surface area contributed by atoms with Crippen LogP contribution in [0.2, 0.25) is 0 Å². The van der Waals surface area contributed by atoms with Gasteiger partial charge in [0.15, 0.2) is 5.17 Å². The Morgan fingerprint density at radius 1 is 1.48 bits per heavy atom. The highest BCUT2D eigenvalue weighted by Crippen LogP contribution is 2.22. The molecule has 0 bridgehead atoms. The van der Waals surface area contributed by atoms with Gasteiger partial charge in [-0.2, -0.15) is 10.4 Å². The maximum Gasteiger partial charge on any atom is 0.305 e. The van der Waals surface area contributed by atoms with E-state index in [1.165, 1.54) is 0 Å². The van der Waals surface area contributed by atoms with Gasteiger partial charge in [-0.1, -0.05) is 23.9 Å². The highest BCUT2D eigenvalue weighted by molar-refractivity contribution is 8.15. The minimum atomic E-state index is -1.03. The number of amidine groups is 1. The van der Waals surface area contributed by atoms with Gasteiger partial charge in [0.2, 0.25) is 5.91 Å². The van der Waals surface area contributed by atoms with Gasteiger partial charge in [-0.3, -0.25) is 9.59 Å². The molecule has 0 saturated carbocycles. The summed E-state index contributed by atoms with van der Waals surface area (Å²) in [7, 11) is 1.92. The van der Waals surface area contributed by atoms with Gasteiger partial charge in [0.05, 0.1) is 25.1 Å². The summed E-state index contributed by atoms with van der Waals surface area (Å²) in [4.78, 5) is 24.2. The van der Waals surface area contributed by atoms with Gasteiger partial charge in [0, 0.05) is 19.3 Å². The Morgan fingerprint density at radius 3 is 2.84 bits per heavy atom. The number of carboxylic acid groups (broad SMARTS) is 1. The summed E-state index contributed by atoms with van der Waals surface area (Å²) in [5.41, 5.74) is 1.83. The van der Waals surface area contributed by atoms with E-state index < -0.39 is 11.2 Å². The van der Waals surface area contributed by atoms with E-state index in [0.29, 0.717) is 18.1 Å². The van der Waals surface area contributed by atoms with Crippen molar-refractivity contribution in [2.75, 3.05) is 18.5 Å². The van der Waals surface area contributed by atoms with Crippen LogP contribution in [-0.4, -0.2) is 47.2 Å². The molecule has 1 aliphatic rings. The Balaban J connectivity index is 1.93. The van der Waals surface area contributed by atoms with Gasteiger partial charge in [0.1, 0.15) is 5.25 Å². The van der Waals surface area contributed by atoms with Crippen molar-refractivity contribution in [3.63, 3.8) is 0 Å². The molecule has 1 saturated heterocycles. The van der Waals surface area contributed by atoms with Crippen LogP contribution in [-0.2, 0) is 9.59 Å². The first-order valence-corrected chi connectivity index (χ1v) is 8.36. The number of aliphatic carboxylic acids is 1. The van der Waals surface area contributed by atoms with Gasteiger partial charge in [-0.15, -0.1) is 5.10 Å². The van der Waals surface area contributed by atoms with Crippen LogP contribution >= 0.6 is 11.8 Å². The van der Waals surface area contributed by atoms with Crippen LogP contribution in [0.3, 0.4) is 0 Å². The normalized spacial score (nSPS) is 18.3. The molecule has 1 atom stereocenters. The molecular formula is C16H17N5O3S. The second-order valence-corrected chi connectivity index (χ2v) is 6.46. The summed E-state index contributed by atoms with van der Waals surface area (Å²) in [5.74, 6) is -1.40. The molecule has 0 radical (unpaired) electrons. The molecule has 25 heavy (non-hydrogen) atoms. The molecular weight excluding hydrogens is 342 g/mol. The first kappa shape index (κ1) is 18.5. The monoisotopic (exact) mass is 359 g/mol. The van der Waals surface area contributed by atoms with Crippen molar-refractivity contribution in [2.24, 2.45) is 10.2 Å². The third kappa shape index (κ3) is 5.61. The molecule has 1 fully saturated rings. The van der Waals surface area contributed by atoms with Crippen molar-refractivity contribution in [1.82, 2.24) is 5.32 Å². The standard InChI is InChI=1S/C16H17N5O3S/c1-21(8-2-7-17)12-5-3-11(4-6-12)10-18-20-16-19-15(24)13(25-16)9-14(22)23/h3-6,10,13H,2,8-9H2,1H3,(H,22,23)(H,19,20,24).